The zero-order valence-electron chi connectivity index (χ0n) is 21.0. The van der Waals surface area contributed by atoms with Crippen LogP contribution in [0.3, 0.4) is 0 Å². The minimum Gasteiger partial charge on any atom is -0.484 e. The maximum absolute atomic E-state index is 12.7. The number of carbonyl (C=O) groups is 1. The number of nitrogens with one attached hydrogen (secondary N) is 2. The van der Waals surface area contributed by atoms with E-state index in [1.807, 2.05) is 6.07 Å². The molecule has 4 aromatic rings. The maximum atomic E-state index is 12.7. The summed E-state index contributed by atoms with van der Waals surface area (Å²) in [5.41, 5.74) is 1.53. The zero-order valence-corrected chi connectivity index (χ0v) is 18.0. The fourth-order valence-corrected chi connectivity index (χ4v) is 4.53. The molecule has 0 unspecified atom stereocenters. The third-order valence-electron chi connectivity index (χ3n) is 6.85. The molecule has 0 aromatic carbocycles. The standard InChI is InChI=1S/C23H22N8O3/c1-24-21-19-14(6-17(28-29-19)26-22(32)16-7-23(16)4-5-23)15(8-25-21)20-27-18-3-2-12(9-31(18)30-20)34-13-10-33-11-13/h2-3,6,8-9,13,16H,4-5,7,10-11H2,1H3,(H,24,25)(H,26,28,32)/t16-/m1/s1/i1D3. The Kier molecular flexibility index (Phi) is 3.47. The van der Waals surface area contributed by atoms with E-state index in [0.717, 1.165) is 19.3 Å². The molecule has 1 amide bonds. The quantitative estimate of drug-likeness (QED) is 0.444. The van der Waals surface area contributed by atoms with Gasteiger partial charge in [0.25, 0.3) is 0 Å². The molecule has 172 valence electrons. The van der Waals surface area contributed by atoms with E-state index >= 15 is 0 Å². The lowest BCUT2D eigenvalue weighted by Crippen LogP contribution is -2.38. The first-order chi connectivity index (χ1) is 17.8. The summed E-state index contributed by atoms with van der Waals surface area (Å²) in [6.45, 7) is -1.38. The van der Waals surface area contributed by atoms with Gasteiger partial charge in [-0.25, -0.2) is 14.5 Å². The molecule has 2 aliphatic carbocycles. The first-order valence-electron chi connectivity index (χ1n) is 12.6. The number of ether oxygens (including phenoxy) is 2. The van der Waals surface area contributed by atoms with Crippen LogP contribution in [0.1, 0.15) is 23.4 Å². The van der Waals surface area contributed by atoms with Gasteiger partial charge in [-0.3, -0.25) is 4.79 Å². The van der Waals surface area contributed by atoms with Crippen LogP contribution < -0.4 is 15.4 Å². The molecule has 1 atom stereocenters. The molecule has 1 spiro atoms. The second-order valence-electron chi connectivity index (χ2n) is 9.13. The Morgan fingerprint density at radius 2 is 2.24 bits per heavy atom. The summed E-state index contributed by atoms with van der Waals surface area (Å²) in [4.78, 5) is 21.6. The summed E-state index contributed by atoms with van der Waals surface area (Å²) in [5, 5.41) is 18.7. The van der Waals surface area contributed by atoms with Crippen molar-refractivity contribution in [1.82, 2.24) is 29.8 Å². The highest BCUT2D eigenvalue weighted by molar-refractivity contribution is 6.01. The SMILES string of the molecule is [2H]C([2H])([2H])Nc1ncc(-c2nc3ccc(OC4COC4)cn3n2)c2cc(NC(=O)[C@H]3CC34CC4)nnc12. The van der Waals surface area contributed by atoms with E-state index in [1.165, 1.54) is 6.20 Å². The first kappa shape index (κ1) is 16.7. The molecule has 7 rings (SSSR count). The number of fused-ring (bicyclic) bond motifs is 2. The minimum atomic E-state index is -2.48. The third kappa shape index (κ3) is 3.15. The topological polar surface area (TPSA) is 128 Å². The van der Waals surface area contributed by atoms with Crippen molar-refractivity contribution in [2.45, 2.75) is 25.4 Å². The molecule has 2 N–H and O–H groups in total. The molecule has 0 bridgehead atoms. The fraction of sp³-hybridized carbons (Fsp3) is 0.391. The van der Waals surface area contributed by atoms with E-state index in [2.05, 4.69) is 35.9 Å². The number of rotatable bonds is 6. The molecule has 11 heteroatoms. The Morgan fingerprint density at radius 3 is 3.00 bits per heavy atom. The van der Waals surface area contributed by atoms with Crippen LogP contribution in [-0.2, 0) is 9.53 Å². The Morgan fingerprint density at radius 1 is 1.32 bits per heavy atom. The van der Waals surface area contributed by atoms with Crippen LogP contribution in [0.2, 0.25) is 0 Å². The van der Waals surface area contributed by atoms with Crippen molar-refractivity contribution in [2.75, 3.05) is 30.8 Å². The summed E-state index contributed by atoms with van der Waals surface area (Å²) in [6.07, 6.45) is 6.34. The molecule has 1 aliphatic heterocycles. The Labute approximate surface area is 198 Å². The highest BCUT2D eigenvalue weighted by atomic mass is 16.6. The van der Waals surface area contributed by atoms with E-state index in [9.17, 15) is 4.79 Å². The zero-order chi connectivity index (χ0) is 25.4. The lowest BCUT2D eigenvalue weighted by atomic mass is 10.1. The van der Waals surface area contributed by atoms with Crippen LogP contribution in [0.4, 0.5) is 11.6 Å². The van der Waals surface area contributed by atoms with Gasteiger partial charge in [-0.15, -0.1) is 15.3 Å². The Hall–Kier alpha value is -3.86. The van der Waals surface area contributed by atoms with E-state index in [1.54, 1.807) is 22.8 Å². The van der Waals surface area contributed by atoms with Gasteiger partial charge in [0.05, 0.1) is 19.4 Å². The summed E-state index contributed by atoms with van der Waals surface area (Å²) < 4.78 is 35.4. The molecule has 34 heavy (non-hydrogen) atoms. The molecular formula is C23H22N8O3. The summed E-state index contributed by atoms with van der Waals surface area (Å²) in [5.74, 6) is 1.25. The fourth-order valence-electron chi connectivity index (χ4n) is 4.53. The summed E-state index contributed by atoms with van der Waals surface area (Å²) in [6, 6.07) is 5.26. The monoisotopic (exact) mass is 461 g/mol. The predicted molar refractivity (Wildman–Crippen MR) is 122 cm³/mol. The molecule has 3 aliphatic rings. The highest BCUT2D eigenvalue weighted by Crippen LogP contribution is 2.70. The molecule has 2 saturated carbocycles. The van der Waals surface area contributed by atoms with Crippen molar-refractivity contribution in [2.24, 2.45) is 11.3 Å². The van der Waals surface area contributed by atoms with Crippen LogP contribution in [0.15, 0.2) is 30.6 Å². The molecule has 11 nitrogen and oxygen atoms in total. The highest BCUT2D eigenvalue weighted by Gasteiger charge is 2.65. The number of hydrogen-bond acceptors (Lipinski definition) is 9. The summed E-state index contributed by atoms with van der Waals surface area (Å²) >= 11 is 0. The maximum Gasteiger partial charge on any atom is 0.229 e. The number of carbonyl (C=O) groups excluding carboxylic acids is 1. The molecule has 3 fully saturated rings. The lowest BCUT2D eigenvalue weighted by Gasteiger charge is -2.26. The van der Waals surface area contributed by atoms with Gasteiger partial charge in [0, 0.05) is 34.2 Å². The second kappa shape index (κ2) is 7.07. The van der Waals surface area contributed by atoms with Gasteiger partial charge in [-0.05, 0) is 42.9 Å². The normalized spacial score (nSPS) is 22.0. The molecule has 1 saturated heterocycles. The van der Waals surface area contributed by atoms with E-state index in [0.29, 0.717) is 41.4 Å². The smallest absolute Gasteiger partial charge is 0.229 e. The molecule has 4 aromatic heterocycles. The minimum absolute atomic E-state index is 0.0118. The number of pyridine rings is 2. The van der Waals surface area contributed by atoms with Gasteiger partial charge < -0.3 is 20.1 Å². The van der Waals surface area contributed by atoms with Crippen molar-refractivity contribution in [3.63, 3.8) is 0 Å². The van der Waals surface area contributed by atoms with Gasteiger partial charge in [-0.2, -0.15) is 0 Å². The largest absolute Gasteiger partial charge is 0.484 e. The van der Waals surface area contributed by atoms with Crippen LogP contribution in [0.5, 0.6) is 5.75 Å². The predicted octanol–water partition coefficient (Wildman–Crippen LogP) is 2.29. The molecular weight excluding hydrogens is 436 g/mol. The van der Waals surface area contributed by atoms with Crippen molar-refractivity contribution in [3.8, 4) is 17.1 Å². The third-order valence-corrected chi connectivity index (χ3v) is 6.85. The number of amides is 1. The van der Waals surface area contributed by atoms with Crippen molar-refractivity contribution in [1.29, 1.82) is 0 Å². The van der Waals surface area contributed by atoms with Gasteiger partial charge in [0.2, 0.25) is 5.91 Å². The first-order valence-corrected chi connectivity index (χ1v) is 11.1. The van der Waals surface area contributed by atoms with Gasteiger partial charge in [-0.1, -0.05) is 0 Å². The van der Waals surface area contributed by atoms with Gasteiger partial charge >= 0.3 is 0 Å². The molecule has 0 radical (unpaired) electrons. The van der Waals surface area contributed by atoms with E-state index in [-0.39, 0.29) is 40.5 Å². The van der Waals surface area contributed by atoms with Crippen LogP contribution >= 0.6 is 0 Å². The lowest BCUT2D eigenvalue weighted by molar-refractivity contribution is -0.117. The number of hydrogen-bond donors (Lipinski definition) is 2. The van der Waals surface area contributed by atoms with Crippen molar-refractivity contribution >= 4 is 34.1 Å². The number of nitrogens with zero attached hydrogens (tertiary/aromatic N) is 6. The van der Waals surface area contributed by atoms with Crippen molar-refractivity contribution < 1.29 is 18.4 Å². The van der Waals surface area contributed by atoms with E-state index in [4.69, 9.17) is 13.6 Å². The number of anilines is 2. The number of aromatic nitrogens is 6. The second-order valence-corrected chi connectivity index (χ2v) is 9.13. The van der Waals surface area contributed by atoms with Gasteiger partial charge in [0.15, 0.2) is 23.1 Å². The Balaban J connectivity index is 1.27. The van der Waals surface area contributed by atoms with Gasteiger partial charge in [0.1, 0.15) is 17.4 Å². The molecule has 5 heterocycles. The van der Waals surface area contributed by atoms with Crippen LogP contribution in [0.25, 0.3) is 27.9 Å². The van der Waals surface area contributed by atoms with Crippen molar-refractivity contribution in [3.05, 3.63) is 30.6 Å². The average Bonchev–Trinajstić information content (AvgIpc) is 3.72. The van der Waals surface area contributed by atoms with Crippen LogP contribution in [-0.4, -0.2) is 62.0 Å². The van der Waals surface area contributed by atoms with Crippen LogP contribution in [0, 0.1) is 11.3 Å². The summed E-state index contributed by atoms with van der Waals surface area (Å²) in [7, 11) is 0. The Bertz CT molecular complexity index is 1560. The average molecular weight is 462 g/mol. The van der Waals surface area contributed by atoms with E-state index < -0.39 is 6.98 Å².